The first-order valence-corrected chi connectivity index (χ1v) is 17.2. The number of fused-ring (bicyclic) bond motifs is 4. The summed E-state index contributed by atoms with van der Waals surface area (Å²) in [4.78, 5) is 13.3. The van der Waals surface area contributed by atoms with Gasteiger partial charge in [-0.2, -0.15) is 4.58 Å². The number of carboxylic acids is 1. The van der Waals surface area contributed by atoms with Gasteiger partial charge in [-0.05, 0) is 104 Å². The maximum Gasteiger partial charge on any atom is 0.303 e. The molecule has 244 valence electrons. The van der Waals surface area contributed by atoms with Gasteiger partial charge in [-0.3, -0.25) is 4.79 Å². The van der Waals surface area contributed by atoms with E-state index >= 15 is 0 Å². The molecule has 1 N–H and O–H groups in total. The zero-order chi connectivity index (χ0) is 33.5. The van der Waals surface area contributed by atoms with E-state index in [4.69, 9.17) is 16.7 Å². The van der Waals surface area contributed by atoms with Crippen molar-refractivity contribution in [2.75, 3.05) is 18.5 Å². The summed E-state index contributed by atoms with van der Waals surface area (Å²) < 4.78 is 16.7. The number of hydrogen-bond donors (Lipinski definition) is 1. The van der Waals surface area contributed by atoms with E-state index < -0.39 is 11.4 Å². The van der Waals surface area contributed by atoms with Crippen LogP contribution in [0.5, 0.6) is 0 Å². The lowest BCUT2D eigenvalue weighted by atomic mass is 9.79. The monoisotopic (exact) mass is 651 g/mol. The summed E-state index contributed by atoms with van der Waals surface area (Å²) in [6.07, 6.45) is 14.2. The van der Waals surface area contributed by atoms with Crippen molar-refractivity contribution in [2.45, 2.75) is 83.5 Å². The number of carbonyl (C=O) groups is 1. The fourth-order valence-electron chi connectivity index (χ4n) is 7.87. The molecule has 0 radical (unpaired) electrons. The Labute approximate surface area is 283 Å². The van der Waals surface area contributed by atoms with Crippen molar-refractivity contribution in [2.24, 2.45) is 0 Å². The van der Waals surface area contributed by atoms with Crippen molar-refractivity contribution < 1.29 is 18.9 Å². The lowest BCUT2D eigenvalue weighted by Gasteiger charge is -2.27. The second kappa shape index (κ2) is 12.9. The van der Waals surface area contributed by atoms with Crippen LogP contribution in [-0.4, -0.2) is 35.0 Å². The third-order valence-corrected chi connectivity index (χ3v) is 10.8. The summed E-state index contributed by atoms with van der Waals surface area (Å²) in [7, 11) is 2.15. The standard InChI is InChI=1S/C41H44ClFN2O2/c1-40(2)32-26-30(43)20-22-33(32)45(25-10-6-7-16-37(46)47)36(40)24-19-29-14-11-13-28(39(29)42)18-23-35-41(3,4)38-31-15-9-8-12-27(31)17-21-34(38)44(35)5/h8-9,12,15,17-24,26H,6-7,10-11,13-14,16,25H2,1-5H3/p+1. The molecule has 47 heavy (non-hydrogen) atoms. The van der Waals surface area contributed by atoms with Crippen molar-refractivity contribution in [3.05, 3.63) is 118 Å². The fourth-order valence-corrected chi connectivity index (χ4v) is 8.19. The average Bonchev–Trinajstić information content (AvgIpc) is 3.36. The predicted molar refractivity (Wildman–Crippen MR) is 193 cm³/mol. The second-order valence-electron chi connectivity index (χ2n) is 14.2. The van der Waals surface area contributed by atoms with Gasteiger partial charge in [0.15, 0.2) is 5.71 Å². The minimum Gasteiger partial charge on any atom is -0.481 e. The molecule has 0 aromatic heterocycles. The maximum atomic E-state index is 14.4. The highest BCUT2D eigenvalue weighted by atomic mass is 35.5. The number of halogens is 2. The molecule has 3 aromatic carbocycles. The zero-order valence-corrected chi connectivity index (χ0v) is 28.9. The summed E-state index contributed by atoms with van der Waals surface area (Å²) in [6.45, 7) is 9.64. The topological polar surface area (TPSA) is 43.5 Å². The van der Waals surface area contributed by atoms with Gasteiger partial charge in [0.2, 0.25) is 5.69 Å². The van der Waals surface area contributed by atoms with Crippen LogP contribution in [0.3, 0.4) is 0 Å². The van der Waals surface area contributed by atoms with E-state index in [-0.39, 0.29) is 17.7 Å². The van der Waals surface area contributed by atoms with Crippen molar-refractivity contribution in [1.29, 1.82) is 0 Å². The molecule has 2 heterocycles. The van der Waals surface area contributed by atoms with E-state index in [1.165, 1.54) is 33.8 Å². The van der Waals surface area contributed by atoms with Crippen LogP contribution in [0, 0.1) is 5.82 Å². The lowest BCUT2D eigenvalue weighted by molar-refractivity contribution is -0.401. The van der Waals surface area contributed by atoms with Crippen LogP contribution in [0.2, 0.25) is 0 Å². The first kappa shape index (κ1) is 33.0. The maximum absolute atomic E-state index is 14.4. The highest BCUT2D eigenvalue weighted by Gasteiger charge is 2.44. The highest BCUT2D eigenvalue weighted by molar-refractivity contribution is 6.32. The molecule has 0 unspecified atom stereocenters. The van der Waals surface area contributed by atoms with Crippen molar-refractivity contribution in [3.8, 4) is 0 Å². The molecule has 1 aliphatic carbocycles. The molecule has 3 aliphatic rings. The Hall–Kier alpha value is -3.96. The van der Waals surface area contributed by atoms with Gasteiger partial charge in [0.25, 0.3) is 0 Å². The van der Waals surface area contributed by atoms with Crippen LogP contribution in [0.25, 0.3) is 10.8 Å². The molecule has 3 aromatic rings. The Morgan fingerprint density at radius 1 is 0.979 bits per heavy atom. The summed E-state index contributed by atoms with van der Waals surface area (Å²) >= 11 is 7.15. The first-order chi connectivity index (χ1) is 22.4. The minimum absolute atomic E-state index is 0.161. The van der Waals surface area contributed by atoms with Crippen LogP contribution in [-0.2, 0) is 15.6 Å². The highest BCUT2D eigenvalue weighted by Crippen LogP contribution is 2.49. The number of rotatable bonds is 9. The number of anilines is 1. The largest absolute Gasteiger partial charge is 0.481 e. The van der Waals surface area contributed by atoms with Crippen LogP contribution >= 0.6 is 11.6 Å². The van der Waals surface area contributed by atoms with Crippen molar-refractivity contribution in [3.63, 3.8) is 0 Å². The van der Waals surface area contributed by atoms with E-state index in [0.29, 0.717) is 6.42 Å². The van der Waals surface area contributed by atoms with Gasteiger partial charge < -0.3 is 10.0 Å². The Morgan fingerprint density at radius 2 is 1.77 bits per heavy atom. The molecule has 0 atom stereocenters. The molecule has 0 bridgehead atoms. The molecule has 0 amide bonds. The molecule has 0 saturated carbocycles. The lowest BCUT2D eigenvalue weighted by Crippen LogP contribution is -2.27. The third kappa shape index (κ3) is 6.11. The zero-order valence-electron chi connectivity index (χ0n) is 28.2. The van der Waals surface area contributed by atoms with E-state index in [1.54, 1.807) is 6.07 Å². The number of hydrogen-bond acceptors (Lipinski definition) is 2. The summed E-state index contributed by atoms with van der Waals surface area (Å²) in [5, 5.41) is 12.4. The van der Waals surface area contributed by atoms with Gasteiger partial charge in [-0.1, -0.05) is 68.3 Å². The Morgan fingerprint density at radius 3 is 2.55 bits per heavy atom. The average molecular weight is 652 g/mol. The predicted octanol–water partition coefficient (Wildman–Crippen LogP) is 10.5. The fraction of sp³-hybridized carbons (Fsp3) is 0.366. The van der Waals surface area contributed by atoms with Crippen molar-refractivity contribution in [1.82, 2.24) is 0 Å². The summed E-state index contributed by atoms with van der Waals surface area (Å²) in [5.74, 6) is -0.999. The minimum atomic E-state index is -0.761. The van der Waals surface area contributed by atoms with E-state index in [0.717, 1.165) is 71.8 Å². The first-order valence-electron chi connectivity index (χ1n) is 16.8. The number of benzene rings is 3. The number of allylic oxidation sites excluding steroid dienone is 8. The van der Waals surface area contributed by atoms with Gasteiger partial charge in [0.1, 0.15) is 12.9 Å². The molecule has 4 nitrogen and oxygen atoms in total. The van der Waals surface area contributed by atoms with Crippen LogP contribution < -0.4 is 4.90 Å². The van der Waals surface area contributed by atoms with Gasteiger partial charge in [-0.15, -0.1) is 0 Å². The van der Waals surface area contributed by atoms with Crippen LogP contribution in [0.4, 0.5) is 15.8 Å². The van der Waals surface area contributed by atoms with Crippen LogP contribution in [0.1, 0.15) is 83.8 Å². The normalized spacial score (nSPS) is 20.3. The van der Waals surface area contributed by atoms with Gasteiger partial charge >= 0.3 is 5.97 Å². The summed E-state index contributed by atoms with van der Waals surface area (Å²) in [5.41, 5.74) is 8.65. The second-order valence-corrected chi connectivity index (χ2v) is 14.5. The van der Waals surface area contributed by atoms with Crippen LogP contribution in [0.15, 0.2) is 101 Å². The molecular weight excluding hydrogens is 607 g/mol. The van der Waals surface area contributed by atoms with Gasteiger partial charge in [-0.25, -0.2) is 4.39 Å². The Balaban J connectivity index is 1.29. The Bertz CT molecular complexity index is 1910. The molecule has 0 spiro atoms. The van der Waals surface area contributed by atoms with Crippen molar-refractivity contribution >= 4 is 45.4 Å². The van der Waals surface area contributed by atoms with E-state index in [2.05, 4.69) is 105 Å². The molecule has 0 saturated heterocycles. The molecule has 6 heteroatoms. The third-order valence-electron chi connectivity index (χ3n) is 10.4. The van der Waals surface area contributed by atoms with Gasteiger partial charge in [0.05, 0.1) is 5.41 Å². The molecule has 0 fully saturated rings. The number of nitrogens with zero attached hydrogens (tertiary/aromatic N) is 2. The number of carboxylic acid groups (broad SMARTS) is 1. The van der Waals surface area contributed by atoms with E-state index in [9.17, 15) is 9.18 Å². The number of aliphatic carboxylic acids is 1. The SMILES string of the molecule is C[N+]1=C(/C=C/C2=C(Cl)C(=C/C=C3/N(CCCCCC(=O)O)c4ccc(F)cc4C3(C)C)/CCC2)C(C)(C)c2c1ccc1ccccc21. The molecule has 2 aliphatic heterocycles. The number of unbranched alkanes of at least 4 members (excludes halogenated alkanes) is 2. The summed E-state index contributed by atoms with van der Waals surface area (Å²) in [6, 6.07) is 18.1. The van der Waals surface area contributed by atoms with E-state index in [1.807, 2.05) is 6.07 Å². The molecular formula is C41H45ClFN2O2+. The molecule has 6 rings (SSSR count). The Kier molecular flexibility index (Phi) is 9.06. The smallest absolute Gasteiger partial charge is 0.303 e. The van der Waals surface area contributed by atoms with Gasteiger partial charge in [0, 0.05) is 52.5 Å². The quantitative estimate of drug-likeness (QED) is 0.185.